The maximum Gasteiger partial charge on any atom is 0.0307 e. The van der Waals surface area contributed by atoms with E-state index in [9.17, 15) is 0 Å². The molecular formula is C19H32N2. The second kappa shape index (κ2) is 7.42. The van der Waals surface area contributed by atoms with Gasteiger partial charge in [-0.2, -0.15) is 0 Å². The number of hydrogen-bond acceptors (Lipinski definition) is 2. The monoisotopic (exact) mass is 288 g/mol. The van der Waals surface area contributed by atoms with Crippen LogP contribution in [0.1, 0.15) is 61.8 Å². The molecule has 1 fully saturated rings. The van der Waals surface area contributed by atoms with E-state index in [0.717, 1.165) is 24.9 Å². The van der Waals surface area contributed by atoms with Crippen molar-refractivity contribution < 1.29 is 0 Å². The minimum Gasteiger partial charge on any atom is -0.324 e. The van der Waals surface area contributed by atoms with Crippen molar-refractivity contribution in [1.29, 1.82) is 0 Å². The van der Waals surface area contributed by atoms with E-state index in [4.69, 9.17) is 5.73 Å². The van der Waals surface area contributed by atoms with Crippen LogP contribution in [0.3, 0.4) is 0 Å². The summed E-state index contributed by atoms with van der Waals surface area (Å²) >= 11 is 0. The molecule has 2 N–H and O–H groups in total. The minimum absolute atomic E-state index is 0.159. The summed E-state index contributed by atoms with van der Waals surface area (Å²) in [6, 6.07) is 7.61. The Morgan fingerprint density at radius 3 is 2.48 bits per heavy atom. The molecule has 3 unspecified atom stereocenters. The highest BCUT2D eigenvalue weighted by Crippen LogP contribution is 2.27. The first-order valence-corrected chi connectivity index (χ1v) is 8.49. The zero-order chi connectivity index (χ0) is 15.4. The molecule has 118 valence electrons. The molecule has 2 nitrogen and oxygen atoms in total. The maximum atomic E-state index is 6.41. The van der Waals surface area contributed by atoms with E-state index < -0.39 is 0 Å². The number of benzene rings is 1. The van der Waals surface area contributed by atoms with Crippen LogP contribution in [0.5, 0.6) is 0 Å². The zero-order valence-corrected chi connectivity index (χ0v) is 14.2. The minimum atomic E-state index is 0.159. The smallest absolute Gasteiger partial charge is 0.0307 e. The molecule has 1 saturated carbocycles. The molecule has 1 aliphatic carbocycles. The highest BCUT2D eigenvalue weighted by atomic mass is 15.1. The summed E-state index contributed by atoms with van der Waals surface area (Å²) in [6.07, 6.45) is 6.56. The lowest BCUT2D eigenvalue weighted by atomic mass is 9.86. The van der Waals surface area contributed by atoms with Gasteiger partial charge in [0.25, 0.3) is 0 Å². The van der Waals surface area contributed by atoms with E-state index in [1.54, 1.807) is 0 Å². The highest BCUT2D eigenvalue weighted by molar-refractivity contribution is 5.30. The topological polar surface area (TPSA) is 29.3 Å². The SMILES string of the molecule is Cc1cc(C)cc(C(N)CCN(C)C2CCCC(C)C2)c1. The lowest BCUT2D eigenvalue weighted by Gasteiger charge is -2.34. The molecule has 2 rings (SSSR count). The predicted octanol–water partition coefficient (Wildman–Crippen LogP) is 4.20. The molecular weight excluding hydrogens is 256 g/mol. The molecule has 0 spiro atoms. The predicted molar refractivity (Wildman–Crippen MR) is 91.5 cm³/mol. The summed E-state index contributed by atoms with van der Waals surface area (Å²) in [6.45, 7) is 7.80. The third-order valence-electron chi connectivity index (χ3n) is 5.00. The quantitative estimate of drug-likeness (QED) is 0.879. The normalized spacial score (nSPS) is 24.3. The molecule has 3 atom stereocenters. The van der Waals surface area contributed by atoms with E-state index in [1.165, 1.54) is 42.4 Å². The molecule has 1 aromatic carbocycles. The van der Waals surface area contributed by atoms with Gasteiger partial charge in [-0.15, -0.1) is 0 Å². The zero-order valence-electron chi connectivity index (χ0n) is 14.2. The van der Waals surface area contributed by atoms with Gasteiger partial charge in [-0.05, 0) is 58.2 Å². The Hall–Kier alpha value is -0.860. The van der Waals surface area contributed by atoms with Crippen molar-refractivity contribution in [2.75, 3.05) is 13.6 Å². The molecule has 0 bridgehead atoms. The second-order valence-electron chi connectivity index (χ2n) is 7.22. The van der Waals surface area contributed by atoms with Gasteiger partial charge in [0.15, 0.2) is 0 Å². The van der Waals surface area contributed by atoms with Gasteiger partial charge < -0.3 is 10.6 Å². The summed E-state index contributed by atoms with van der Waals surface area (Å²) in [7, 11) is 2.27. The first kappa shape index (κ1) is 16.5. The third-order valence-corrected chi connectivity index (χ3v) is 5.00. The van der Waals surface area contributed by atoms with Crippen molar-refractivity contribution in [1.82, 2.24) is 4.90 Å². The van der Waals surface area contributed by atoms with Gasteiger partial charge >= 0.3 is 0 Å². The molecule has 2 heteroatoms. The Bertz CT molecular complexity index is 435. The highest BCUT2D eigenvalue weighted by Gasteiger charge is 2.22. The fourth-order valence-electron chi connectivity index (χ4n) is 3.72. The molecule has 0 radical (unpaired) electrons. The summed E-state index contributed by atoms with van der Waals surface area (Å²) in [5, 5.41) is 0. The summed E-state index contributed by atoms with van der Waals surface area (Å²) in [4.78, 5) is 2.54. The van der Waals surface area contributed by atoms with Crippen LogP contribution in [0.25, 0.3) is 0 Å². The molecule has 0 amide bonds. The molecule has 1 aromatic rings. The number of nitrogens with zero attached hydrogens (tertiary/aromatic N) is 1. The van der Waals surface area contributed by atoms with Crippen molar-refractivity contribution in [2.45, 2.75) is 65.0 Å². The molecule has 0 heterocycles. The van der Waals surface area contributed by atoms with Crippen LogP contribution in [-0.4, -0.2) is 24.5 Å². The van der Waals surface area contributed by atoms with Crippen LogP contribution in [0, 0.1) is 19.8 Å². The molecule has 0 aromatic heterocycles. The van der Waals surface area contributed by atoms with Gasteiger partial charge in [-0.1, -0.05) is 49.1 Å². The van der Waals surface area contributed by atoms with E-state index in [2.05, 4.69) is 50.9 Å². The number of nitrogens with two attached hydrogens (primary N) is 1. The fourth-order valence-corrected chi connectivity index (χ4v) is 3.72. The number of hydrogen-bond donors (Lipinski definition) is 1. The van der Waals surface area contributed by atoms with Crippen molar-refractivity contribution in [3.05, 3.63) is 34.9 Å². The lowest BCUT2D eigenvalue weighted by Crippen LogP contribution is -2.37. The fraction of sp³-hybridized carbons (Fsp3) is 0.684. The van der Waals surface area contributed by atoms with Crippen molar-refractivity contribution in [3.63, 3.8) is 0 Å². The van der Waals surface area contributed by atoms with Crippen LogP contribution < -0.4 is 5.73 Å². The van der Waals surface area contributed by atoms with Crippen molar-refractivity contribution in [2.24, 2.45) is 11.7 Å². The Morgan fingerprint density at radius 2 is 1.86 bits per heavy atom. The summed E-state index contributed by atoms with van der Waals surface area (Å²) in [5.74, 6) is 0.888. The van der Waals surface area contributed by atoms with Crippen LogP contribution in [-0.2, 0) is 0 Å². The van der Waals surface area contributed by atoms with Gasteiger partial charge in [-0.3, -0.25) is 0 Å². The Labute approximate surface area is 130 Å². The molecule has 21 heavy (non-hydrogen) atoms. The summed E-state index contributed by atoms with van der Waals surface area (Å²) in [5.41, 5.74) is 10.3. The van der Waals surface area contributed by atoms with E-state index in [0.29, 0.717) is 0 Å². The summed E-state index contributed by atoms with van der Waals surface area (Å²) < 4.78 is 0. The van der Waals surface area contributed by atoms with Crippen LogP contribution in [0.15, 0.2) is 18.2 Å². The van der Waals surface area contributed by atoms with Crippen molar-refractivity contribution >= 4 is 0 Å². The van der Waals surface area contributed by atoms with Crippen LogP contribution in [0.4, 0.5) is 0 Å². The lowest BCUT2D eigenvalue weighted by molar-refractivity contribution is 0.160. The van der Waals surface area contributed by atoms with Gasteiger partial charge in [0.05, 0.1) is 0 Å². The molecule has 0 aliphatic heterocycles. The first-order chi connectivity index (χ1) is 9.95. The van der Waals surface area contributed by atoms with Crippen LogP contribution >= 0.6 is 0 Å². The first-order valence-electron chi connectivity index (χ1n) is 8.49. The van der Waals surface area contributed by atoms with E-state index in [1.807, 2.05) is 0 Å². The molecule has 1 aliphatic rings. The maximum absolute atomic E-state index is 6.41. The van der Waals surface area contributed by atoms with Crippen molar-refractivity contribution in [3.8, 4) is 0 Å². The average Bonchev–Trinajstić information content (AvgIpc) is 2.43. The average molecular weight is 288 g/mol. The number of rotatable bonds is 5. The Kier molecular flexibility index (Phi) is 5.83. The van der Waals surface area contributed by atoms with Gasteiger partial charge in [0.1, 0.15) is 0 Å². The van der Waals surface area contributed by atoms with E-state index in [-0.39, 0.29) is 6.04 Å². The van der Waals surface area contributed by atoms with Gasteiger partial charge in [-0.25, -0.2) is 0 Å². The largest absolute Gasteiger partial charge is 0.324 e. The molecule has 0 saturated heterocycles. The standard InChI is InChI=1S/C19H32N2/c1-14-6-5-7-18(13-14)21(4)9-8-19(20)17-11-15(2)10-16(3)12-17/h10-12,14,18-19H,5-9,13,20H2,1-4H3. The van der Waals surface area contributed by atoms with E-state index >= 15 is 0 Å². The van der Waals surface area contributed by atoms with Crippen LogP contribution in [0.2, 0.25) is 0 Å². The second-order valence-corrected chi connectivity index (χ2v) is 7.22. The third kappa shape index (κ3) is 4.82. The number of aryl methyl sites for hydroxylation is 2. The van der Waals surface area contributed by atoms with Gasteiger partial charge in [0, 0.05) is 12.1 Å². The van der Waals surface area contributed by atoms with Gasteiger partial charge in [0.2, 0.25) is 0 Å². The Morgan fingerprint density at radius 1 is 1.19 bits per heavy atom. The Balaban J connectivity index is 1.86.